The fraction of sp³-hybridized carbons (Fsp3) is 0.0769. The third-order valence-corrected chi connectivity index (χ3v) is 7.41. The topological polar surface area (TPSA) is 51.0 Å². The van der Waals surface area contributed by atoms with E-state index in [9.17, 15) is 0 Å². The molecule has 0 atom stereocenters. The zero-order valence-electron chi connectivity index (χ0n) is 24.6. The number of aliphatic imine (C=N–C) groups is 1. The van der Waals surface area contributed by atoms with Crippen LogP contribution in [0.25, 0.3) is 39.2 Å². The summed E-state index contributed by atoms with van der Waals surface area (Å²) in [5, 5.41) is 0. The molecule has 6 aromatic rings. The van der Waals surface area contributed by atoms with Gasteiger partial charge in [0.05, 0.1) is 11.4 Å². The van der Waals surface area contributed by atoms with E-state index >= 15 is 0 Å². The molecule has 0 saturated heterocycles. The van der Waals surface area contributed by atoms with Crippen molar-refractivity contribution in [1.29, 1.82) is 0 Å². The Balaban J connectivity index is 1.50. The van der Waals surface area contributed by atoms with Crippen molar-refractivity contribution in [2.75, 3.05) is 0 Å². The molecular formula is C39H32N4. The SMILES string of the molecule is CC(/C=C(/c1cccc(-c2cc(-c3ccccn3)cc(-c3ccccn3)c2)c1)c1ccccc1C)=N\c1ncccc1C. The molecule has 0 radical (unpaired) electrons. The van der Waals surface area contributed by atoms with Gasteiger partial charge in [-0.3, -0.25) is 9.97 Å². The minimum atomic E-state index is 0.738. The molecule has 3 aromatic carbocycles. The lowest BCUT2D eigenvalue weighted by Crippen LogP contribution is -1.97. The Morgan fingerprint density at radius 2 is 1.19 bits per heavy atom. The Bertz CT molecular complexity index is 1880. The van der Waals surface area contributed by atoms with Crippen LogP contribution in [-0.4, -0.2) is 20.7 Å². The van der Waals surface area contributed by atoms with Gasteiger partial charge in [-0.1, -0.05) is 60.7 Å². The molecule has 208 valence electrons. The highest BCUT2D eigenvalue weighted by Gasteiger charge is 2.13. The zero-order valence-corrected chi connectivity index (χ0v) is 24.6. The van der Waals surface area contributed by atoms with Gasteiger partial charge in [0.2, 0.25) is 0 Å². The first-order valence-corrected chi connectivity index (χ1v) is 14.4. The molecule has 0 unspecified atom stereocenters. The first-order chi connectivity index (χ1) is 21.0. The van der Waals surface area contributed by atoms with Crippen LogP contribution in [0.15, 0.2) is 145 Å². The smallest absolute Gasteiger partial charge is 0.154 e. The largest absolute Gasteiger partial charge is 0.256 e. The number of benzene rings is 3. The van der Waals surface area contributed by atoms with Gasteiger partial charge in [-0.05, 0) is 120 Å². The molecule has 4 nitrogen and oxygen atoms in total. The first kappa shape index (κ1) is 27.7. The maximum atomic E-state index is 4.87. The molecule has 3 aromatic heterocycles. The Morgan fingerprint density at radius 1 is 0.558 bits per heavy atom. The summed E-state index contributed by atoms with van der Waals surface area (Å²) in [6.07, 6.45) is 7.61. The molecule has 3 heterocycles. The van der Waals surface area contributed by atoms with Crippen molar-refractivity contribution in [3.05, 3.63) is 162 Å². The second-order valence-electron chi connectivity index (χ2n) is 10.6. The summed E-state index contributed by atoms with van der Waals surface area (Å²) in [6, 6.07) is 39.8. The van der Waals surface area contributed by atoms with E-state index in [1.54, 1.807) is 6.20 Å². The number of allylic oxidation sites excluding steroid dienone is 1. The summed E-state index contributed by atoms with van der Waals surface area (Å²) in [5.41, 5.74) is 12.7. The minimum absolute atomic E-state index is 0.738. The molecule has 0 saturated carbocycles. The number of hydrogen-bond acceptors (Lipinski definition) is 4. The van der Waals surface area contributed by atoms with E-state index in [1.165, 1.54) is 11.1 Å². The predicted molar refractivity (Wildman–Crippen MR) is 178 cm³/mol. The second kappa shape index (κ2) is 12.6. The highest BCUT2D eigenvalue weighted by atomic mass is 14.9. The molecule has 0 aliphatic rings. The van der Waals surface area contributed by atoms with E-state index < -0.39 is 0 Å². The average molecular weight is 557 g/mol. The Morgan fingerprint density at radius 3 is 1.84 bits per heavy atom. The van der Waals surface area contributed by atoms with Crippen molar-refractivity contribution in [3.8, 4) is 33.6 Å². The van der Waals surface area contributed by atoms with Crippen molar-refractivity contribution in [2.24, 2.45) is 4.99 Å². The van der Waals surface area contributed by atoms with Gasteiger partial charge in [0.1, 0.15) is 0 Å². The van der Waals surface area contributed by atoms with Crippen molar-refractivity contribution < 1.29 is 0 Å². The number of rotatable bonds is 7. The van der Waals surface area contributed by atoms with Crippen LogP contribution in [0.5, 0.6) is 0 Å². The molecule has 43 heavy (non-hydrogen) atoms. The second-order valence-corrected chi connectivity index (χ2v) is 10.6. The average Bonchev–Trinajstić information content (AvgIpc) is 3.06. The van der Waals surface area contributed by atoms with E-state index in [0.29, 0.717) is 0 Å². The van der Waals surface area contributed by atoms with E-state index in [2.05, 4.69) is 94.7 Å². The molecule has 4 heteroatoms. The highest BCUT2D eigenvalue weighted by molar-refractivity contribution is 6.04. The van der Waals surface area contributed by atoms with Crippen LogP contribution in [0, 0.1) is 13.8 Å². The van der Waals surface area contributed by atoms with Crippen LogP contribution in [0.1, 0.15) is 29.2 Å². The lowest BCUT2D eigenvalue weighted by molar-refractivity contribution is 1.22. The van der Waals surface area contributed by atoms with Crippen LogP contribution in [0.2, 0.25) is 0 Å². The summed E-state index contributed by atoms with van der Waals surface area (Å²) >= 11 is 0. The molecule has 0 aliphatic heterocycles. The fourth-order valence-corrected chi connectivity index (χ4v) is 5.22. The summed E-state index contributed by atoms with van der Waals surface area (Å²) in [5.74, 6) is 0.738. The third kappa shape index (κ3) is 6.39. The fourth-order valence-electron chi connectivity index (χ4n) is 5.22. The zero-order chi connectivity index (χ0) is 29.6. The molecule has 0 N–H and O–H groups in total. The maximum absolute atomic E-state index is 4.87. The summed E-state index contributed by atoms with van der Waals surface area (Å²) < 4.78 is 0. The maximum Gasteiger partial charge on any atom is 0.154 e. The molecule has 6 rings (SSSR count). The van der Waals surface area contributed by atoms with Crippen LogP contribution in [0.4, 0.5) is 5.82 Å². The van der Waals surface area contributed by atoms with E-state index in [-0.39, 0.29) is 0 Å². The van der Waals surface area contributed by atoms with Gasteiger partial charge in [0.25, 0.3) is 0 Å². The van der Waals surface area contributed by atoms with Crippen molar-refractivity contribution in [2.45, 2.75) is 20.8 Å². The Kier molecular flexibility index (Phi) is 8.10. The Hall–Kier alpha value is -5.48. The van der Waals surface area contributed by atoms with Crippen LogP contribution < -0.4 is 0 Å². The molecule has 0 aliphatic carbocycles. The standard InChI is InChI=1S/C39H32N4/c1-27-12-4-5-16-35(27)36(22-29(3)43-39-28(2)13-11-21-42-39)31-15-10-14-30(23-31)32-24-33(37-17-6-8-19-40-37)26-34(25-32)38-18-7-9-20-41-38/h4-26H,1-3H3/b36-22-,43-29+. The number of nitrogens with zero attached hydrogens (tertiary/aromatic N) is 4. The van der Waals surface area contributed by atoms with E-state index in [0.717, 1.165) is 61.9 Å². The predicted octanol–water partition coefficient (Wildman–Crippen LogP) is 9.71. The van der Waals surface area contributed by atoms with E-state index in [1.807, 2.05) is 74.8 Å². The number of hydrogen-bond donors (Lipinski definition) is 0. The number of aryl methyl sites for hydroxylation is 2. The normalized spacial score (nSPS) is 11.9. The first-order valence-electron chi connectivity index (χ1n) is 14.4. The van der Waals surface area contributed by atoms with Gasteiger partial charge in [0.15, 0.2) is 5.82 Å². The van der Waals surface area contributed by atoms with Gasteiger partial charge in [0, 0.05) is 35.4 Å². The quantitative estimate of drug-likeness (QED) is 0.184. The highest BCUT2D eigenvalue weighted by Crippen LogP contribution is 2.34. The summed E-state index contributed by atoms with van der Waals surface area (Å²) in [4.78, 5) is 18.6. The van der Waals surface area contributed by atoms with Gasteiger partial charge in [-0.2, -0.15) is 0 Å². The van der Waals surface area contributed by atoms with Gasteiger partial charge < -0.3 is 0 Å². The van der Waals surface area contributed by atoms with Gasteiger partial charge >= 0.3 is 0 Å². The minimum Gasteiger partial charge on any atom is -0.256 e. The van der Waals surface area contributed by atoms with Gasteiger partial charge in [-0.25, -0.2) is 9.98 Å². The van der Waals surface area contributed by atoms with Gasteiger partial charge in [-0.15, -0.1) is 0 Å². The van der Waals surface area contributed by atoms with Crippen LogP contribution in [-0.2, 0) is 0 Å². The summed E-state index contributed by atoms with van der Waals surface area (Å²) in [6.45, 7) is 6.22. The molecule has 0 bridgehead atoms. The molecular weight excluding hydrogens is 524 g/mol. The van der Waals surface area contributed by atoms with Crippen LogP contribution in [0.3, 0.4) is 0 Å². The van der Waals surface area contributed by atoms with E-state index in [4.69, 9.17) is 4.99 Å². The van der Waals surface area contributed by atoms with Crippen LogP contribution >= 0.6 is 0 Å². The number of aromatic nitrogens is 3. The summed E-state index contributed by atoms with van der Waals surface area (Å²) in [7, 11) is 0. The monoisotopic (exact) mass is 556 g/mol. The molecule has 0 amide bonds. The third-order valence-electron chi connectivity index (χ3n) is 7.41. The Labute approximate surface area is 253 Å². The van der Waals surface area contributed by atoms with Crippen molar-refractivity contribution >= 4 is 17.1 Å². The number of pyridine rings is 3. The van der Waals surface area contributed by atoms with Crippen molar-refractivity contribution in [3.63, 3.8) is 0 Å². The molecule has 0 fully saturated rings. The lowest BCUT2D eigenvalue weighted by atomic mass is 9.90. The lowest BCUT2D eigenvalue weighted by Gasteiger charge is -2.15. The van der Waals surface area contributed by atoms with Crippen molar-refractivity contribution in [1.82, 2.24) is 15.0 Å². The molecule has 0 spiro atoms.